The Morgan fingerprint density at radius 2 is 2.33 bits per heavy atom. The van der Waals surface area contributed by atoms with Gasteiger partial charge in [0.15, 0.2) is 0 Å². The second kappa shape index (κ2) is 4.57. The lowest BCUT2D eigenvalue weighted by Crippen LogP contribution is -2.50. The Balaban J connectivity index is 2.14. The Hall–Kier alpha value is -1.62. The van der Waals surface area contributed by atoms with Gasteiger partial charge in [0.1, 0.15) is 5.82 Å². The minimum atomic E-state index is -0.580. The lowest BCUT2D eigenvalue weighted by Gasteiger charge is -2.28. The van der Waals surface area contributed by atoms with Crippen LogP contribution in [0.15, 0.2) is 18.2 Å². The Kier molecular flexibility index (Phi) is 3.26. The SMILES string of the molecule is CC1OCCC1(C)NC(=O)c1ccc(N)c(F)c1. The van der Waals surface area contributed by atoms with Crippen LogP contribution in [0.5, 0.6) is 0 Å². The lowest BCUT2D eigenvalue weighted by atomic mass is 9.94. The molecule has 0 aliphatic carbocycles. The molecule has 0 bridgehead atoms. The van der Waals surface area contributed by atoms with E-state index >= 15 is 0 Å². The first-order chi connectivity index (χ1) is 8.42. The van der Waals surface area contributed by atoms with Crippen molar-refractivity contribution < 1.29 is 13.9 Å². The fourth-order valence-corrected chi connectivity index (χ4v) is 2.00. The molecule has 0 aromatic heterocycles. The summed E-state index contributed by atoms with van der Waals surface area (Å²) in [6, 6.07) is 4.05. The number of hydrogen-bond donors (Lipinski definition) is 2. The van der Waals surface area contributed by atoms with Gasteiger partial charge in [-0.15, -0.1) is 0 Å². The van der Waals surface area contributed by atoms with Crippen molar-refractivity contribution in [1.82, 2.24) is 5.32 Å². The van der Waals surface area contributed by atoms with E-state index in [0.29, 0.717) is 6.61 Å². The van der Waals surface area contributed by atoms with E-state index in [4.69, 9.17) is 10.5 Å². The van der Waals surface area contributed by atoms with E-state index in [1.54, 1.807) is 0 Å². The number of nitrogens with two attached hydrogens (primary N) is 1. The van der Waals surface area contributed by atoms with Crippen molar-refractivity contribution in [1.29, 1.82) is 0 Å². The predicted molar refractivity (Wildman–Crippen MR) is 66.7 cm³/mol. The van der Waals surface area contributed by atoms with Gasteiger partial charge in [-0.1, -0.05) is 0 Å². The molecule has 98 valence electrons. The molecule has 0 radical (unpaired) electrons. The van der Waals surface area contributed by atoms with Crippen molar-refractivity contribution in [2.45, 2.75) is 31.9 Å². The summed E-state index contributed by atoms with van der Waals surface area (Å²) < 4.78 is 18.7. The summed E-state index contributed by atoms with van der Waals surface area (Å²) in [6.45, 7) is 4.46. The normalized spacial score (nSPS) is 27.2. The molecule has 0 spiro atoms. The van der Waals surface area contributed by atoms with Crippen molar-refractivity contribution >= 4 is 11.6 Å². The number of hydrogen-bond acceptors (Lipinski definition) is 3. The summed E-state index contributed by atoms with van der Waals surface area (Å²) in [5, 5.41) is 2.90. The van der Waals surface area contributed by atoms with Gasteiger partial charge in [0.05, 0.1) is 17.3 Å². The number of carbonyl (C=O) groups excluding carboxylic acids is 1. The fraction of sp³-hybridized carbons (Fsp3) is 0.462. The molecule has 4 nitrogen and oxygen atoms in total. The van der Waals surface area contributed by atoms with E-state index in [-0.39, 0.29) is 23.3 Å². The highest BCUT2D eigenvalue weighted by Crippen LogP contribution is 2.25. The van der Waals surface area contributed by atoms with Gasteiger partial charge in [-0.05, 0) is 38.5 Å². The Bertz CT molecular complexity index is 478. The van der Waals surface area contributed by atoms with Crippen LogP contribution in [0.4, 0.5) is 10.1 Å². The quantitative estimate of drug-likeness (QED) is 0.787. The van der Waals surface area contributed by atoms with Crippen LogP contribution in [-0.4, -0.2) is 24.2 Å². The first-order valence-electron chi connectivity index (χ1n) is 5.91. The molecule has 1 aliphatic rings. The largest absolute Gasteiger partial charge is 0.396 e. The molecule has 2 rings (SSSR count). The number of carbonyl (C=O) groups is 1. The maximum atomic E-state index is 13.3. The van der Waals surface area contributed by atoms with Gasteiger partial charge in [-0.3, -0.25) is 4.79 Å². The zero-order chi connectivity index (χ0) is 13.3. The van der Waals surface area contributed by atoms with Crippen LogP contribution in [-0.2, 0) is 4.74 Å². The van der Waals surface area contributed by atoms with Crippen molar-refractivity contribution in [3.8, 4) is 0 Å². The van der Waals surface area contributed by atoms with Crippen LogP contribution in [0, 0.1) is 5.82 Å². The molecule has 1 aromatic rings. The molecule has 18 heavy (non-hydrogen) atoms. The number of nitrogen functional groups attached to an aromatic ring is 1. The van der Waals surface area contributed by atoms with Crippen LogP contribution in [0.3, 0.4) is 0 Å². The molecule has 0 saturated carbocycles. The average Bonchev–Trinajstić information content (AvgIpc) is 2.63. The summed E-state index contributed by atoms with van der Waals surface area (Å²) in [7, 11) is 0. The summed E-state index contributed by atoms with van der Waals surface area (Å²) in [5.74, 6) is -0.891. The molecule has 2 atom stereocenters. The molecule has 1 aromatic carbocycles. The number of nitrogens with one attached hydrogen (secondary N) is 1. The molecule has 1 heterocycles. The third-order valence-electron chi connectivity index (χ3n) is 3.55. The van der Waals surface area contributed by atoms with Crippen molar-refractivity contribution in [3.63, 3.8) is 0 Å². The van der Waals surface area contributed by atoms with Gasteiger partial charge in [0.25, 0.3) is 5.91 Å². The molecule has 1 saturated heterocycles. The fourth-order valence-electron chi connectivity index (χ4n) is 2.00. The van der Waals surface area contributed by atoms with Crippen LogP contribution in [0.25, 0.3) is 0 Å². The zero-order valence-corrected chi connectivity index (χ0v) is 10.5. The van der Waals surface area contributed by atoms with Gasteiger partial charge in [0.2, 0.25) is 0 Å². The lowest BCUT2D eigenvalue weighted by molar-refractivity contribution is 0.0727. The topological polar surface area (TPSA) is 64.3 Å². The van der Waals surface area contributed by atoms with Gasteiger partial charge >= 0.3 is 0 Å². The number of amides is 1. The molecular weight excluding hydrogens is 235 g/mol. The van der Waals surface area contributed by atoms with Crippen LogP contribution < -0.4 is 11.1 Å². The monoisotopic (exact) mass is 252 g/mol. The van der Waals surface area contributed by atoms with E-state index in [2.05, 4.69) is 5.32 Å². The minimum Gasteiger partial charge on any atom is -0.396 e. The first-order valence-corrected chi connectivity index (χ1v) is 5.91. The smallest absolute Gasteiger partial charge is 0.251 e. The van der Waals surface area contributed by atoms with E-state index in [0.717, 1.165) is 12.5 Å². The van der Waals surface area contributed by atoms with Gasteiger partial charge < -0.3 is 15.8 Å². The Labute approximate surface area is 105 Å². The van der Waals surface area contributed by atoms with E-state index in [1.807, 2.05) is 13.8 Å². The third-order valence-corrected chi connectivity index (χ3v) is 3.55. The second-order valence-electron chi connectivity index (χ2n) is 4.87. The molecule has 5 heteroatoms. The second-order valence-corrected chi connectivity index (χ2v) is 4.87. The Morgan fingerprint density at radius 3 is 2.89 bits per heavy atom. The number of anilines is 1. The van der Waals surface area contributed by atoms with Crippen LogP contribution in [0.1, 0.15) is 30.6 Å². The number of rotatable bonds is 2. The summed E-state index contributed by atoms with van der Waals surface area (Å²) in [5.41, 5.74) is 5.27. The molecule has 1 aliphatic heterocycles. The predicted octanol–water partition coefficient (Wildman–Crippen LogP) is 1.71. The van der Waals surface area contributed by atoms with E-state index in [9.17, 15) is 9.18 Å². The molecule has 2 unspecified atom stereocenters. The Morgan fingerprint density at radius 1 is 1.61 bits per heavy atom. The van der Waals surface area contributed by atoms with Crippen LogP contribution in [0.2, 0.25) is 0 Å². The number of benzene rings is 1. The number of halogens is 1. The van der Waals surface area contributed by atoms with Crippen molar-refractivity contribution in [2.24, 2.45) is 0 Å². The average molecular weight is 252 g/mol. The van der Waals surface area contributed by atoms with Crippen molar-refractivity contribution in [2.75, 3.05) is 12.3 Å². The standard InChI is InChI=1S/C13H17FN2O2/c1-8-13(2,5-6-18-8)16-12(17)9-3-4-11(15)10(14)7-9/h3-4,7-8H,5-6,15H2,1-2H3,(H,16,17). The summed E-state index contributed by atoms with van der Waals surface area (Å²) in [4.78, 5) is 12.0. The molecular formula is C13H17FN2O2. The highest BCUT2D eigenvalue weighted by atomic mass is 19.1. The van der Waals surface area contributed by atoms with Crippen LogP contribution >= 0.6 is 0 Å². The molecule has 3 N–H and O–H groups in total. The maximum absolute atomic E-state index is 13.3. The van der Waals surface area contributed by atoms with Gasteiger partial charge in [-0.2, -0.15) is 0 Å². The van der Waals surface area contributed by atoms with Crippen molar-refractivity contribution in [3.05, 3.63) is 29.6 Å². The minimum absolute atomic E-state index is 0.0373. The summed E-state index contributed by atoms with van der Waals surface area (Å²) >= 11 is 0. The highest BCUT2D eigenvalue weighted by molar-refractivity contribution is 5.95. The maximum Gasteiger partial charge on any atom is 0.251 e. The van der Waals surface area contributed by atoms with E-state index < -0.39 is 11.4 Å². The highest BCUT2D eigenvalue weighted by Gasteiger charge is 2.38. The molecule has 1 fully saturated rings. The zero-order valence-electron chi connectivity index (χ0n) is 10.5. The van der Waals surface area contributed by atoms with E-state index in [1.165, 1.54) is 12.1 Å². The first kappa shape index (κ1) is 12.8. The van der Waals surface area contributed by atoms with Gasteiger partial charge in [0, 0.05) is 12.2 Å². The third kappa shape index (κ3) is 2.31. The number of ether oxygens (including phenoxy) is 1. The van der Waals surface area contributed by atoms with Gasteiger partial charge in [-0.25, -0.2) is 4.39 Å². The summed E-state index contributed by atoms with van der Waals surface area (Å²) in [6.07, 6.45) is 0.692. The molecule has 1 amide bonds.